The molecule has 2 amide bonds. The standard InChI is InChI=1S/C23H25BN2O5/c1-14(2)21(23(31)25-18(22(24)30)13-20(28)29)26-19(27)12-16-10-6-7-11-17(16)15-8-4-3-5-9-15/h3-11,14,18,21H,12-13H2,1-2H3,(H,25,31)(H,26,27)(H,28,29)/t18-,21-/m0/s1. The Morgan fingerprint density at radius 1 is 0.935 bits per heavy atom. The SMILES string of the molecule is [B]C(=O)[C@H](CC(=O)O)NC(=O)[C@@H](NC(=O)Cc1ccccc1-c1ccccc1)C(C)C. The van der Waals surface area contributed by atoms with Crippen molar-refractivity contribution in [1.82, 2.24) is 10.6 Å². The first kappa shape index (κ1) is 23.9. The number of carbonyl (C=O) groups is 4. The molecule has 8 heteroatoms. The predicted octanol–water partition coefficient (Wildman–Crippen LogP) is 1.69. The van der Waals surface area contributed by atoms with E-state index in [1.54, 1.807) is 13.8 Å². The van der Waals surface area contributed by atoms with E-state index in [2.05, 4.69) is 10.6 Å². The number of benzene rings is 2. The largest absolute Gasteiger partial charge is 0.481 e. The molecule has 2 rings (SSSR count). The Kier molecular flexibility index (Phi) is 8.55. The Morgan fingerprint density at radius 2 is 1.55 bits per heavy atom. The number of carboxylic acid groups (broad SMARTS) is 1. The van der Waals surface area contributed by atoms with E-state index in [1.165, 1.54) is 0 Å². The first-order valence-corrected chi connectivity index (χ1v) is 9.93. The predicted molar refractivity (Wildman–Crippen MR) is 117 cm³/mol. The Bertz CT molecular complexity index is 946. The molecule has 0 aliphatic rings. The molecule has 0 saturated carbocycles. The lowest BCUT2D eigenvalue weighted by atomic mass is 9.92. The molecule has 31 heavy (non-hydrogen) atoms. The lowest BCUT2D eigenvalue weighted by Gasteiger charge is -2.24. The number of rotatable bonds is 10. The minimum absolute atomic E-state index is 0.0515. The van der Waals surface area contributed by atoms with E-state index in [0.717, 1.165) is 16.7 Å². The van der Waals surface area contributed by atoms with Crippen molar-refractivity contribution in [3.05, 3.63) is 60.2 Å². The molecule has 160 valence electrons. The number of hydrogen-bond donors (Lipinski definition) is 3. The van der Waals surface area contributed by atoms with Crippen molar-refractivity contribution >= 4 is 31.3 Å². The lowest BCUT2D eigenvalue weighted by molar-refractivity contribution is -0.139. The summed E-state index contributed by atoms with van der Waals surface area (Å²) >= 11 is 0. The summed E-state index contributed by atoms with van der Waals surface area (Å²) in [6.07, 6.45) is -0.583. The lowest BCUT2D eigenvalue weighted by Crippen LogP contribution is -2.54. The molecule has 0 aliphatic carbocycles. The molecule has 0 unspecified atom stereocenters. The van der Waals surface area contributed by atoms with Crippen LogP contribution in [0.25, 0.3) is 11.1 Å². The smallest absolute Gasteiger partial charge is 0.305 e. The fourth-order valence-corrected chi connectivity index (χ4v) is 3.17. The quantitative estimate of drug-likeness (QED) is 0.507. The van der Waals surface area contributed by atoms with Gasteiger partial charge in [0.1, 0.15) is 6.04 Å². The van der Waals surface area contributed by atoms with Crippen LogP contribution in [0.3, 0.4) is 0 Å². The molecule has 2 atom stereocenters. The van der Waals surface area contributed by atoms with Crippen LogP contribution >= 0.6 is 0 Å². The number of amides is 2. The molecular formula is C23H25BN2O5. The van der Waals surface area contributed by atoms with Gasteiger partial charge >= 0.3 is 5.97 Å². The average Bonchev–Trinajstić information content (AvgIpc) is 2.72. The summed E-state index contributed by atoms with van der Waals surface area (Å²) in [5.74, 6) is -2.60. The number of hydrogen-bond acceptors (Lipinski definition) is 4. The van der Waals surface area contributed by atoms with E-state index < -0.39 is 36.1 Å². The van der Waals surface area contributed by atoms with Crippen LogP contribution in [-0.2, 0) is 25.6 Å². The third-order valence-corrected chi connectivity index (χ3v) is 4.76. The number of carboxylic acids is 1. The minimum atomic E-state index is -1.36. The maximum atomic E-state index is 12.7. The average molecular weight is 420 g/mol. The van der Waals surface area contributed by atoms with Crippen molar-refractivity contribution < 1.29 is 24.3 Å². The molecular weight excluding hydrogens is 395 g/mol. The van der Waals surface area contributed by atoms with Gasteiger partial charge in [-0.3, -0.25) is 14.4 Å². The van der Waals surface area contributed by atoms with Crippen molar-refractivity contribution in [2.45, 2.75) is 38.8 Å². The number of nitrogens with one attached hydrogen (secondary N) is 2. The van der Waals surface area contributed by atoms with Gasteiger partial charge in [-0.15, -0.1) is 0 Å². The first-order chi connectivity index (χ1) is 14.7. The Morgan fingerprint density at radius 3 is 2.13 bits per heavy atom. The van der Waals surface area contributed by atoms with Gasteiger partial charge in [0.05, 0.1) is 24.6 Å². The monoisotopic (exact) mass is 420 g/mol. The molecule has 7 nitrogen and oxygen atoms in total. The first-order valence-electron chi connectivity index (χ1n) is 9.93. The molecule has 2 aromatic rings. The summed E-state index contributed by atoms with van der Waals surface area (Å²) < 4.78 is 0. The molecule has 0 saturated heterocycles. The number of carbonyl (C=O) groups excluding carboxylic acids is 3. The molecule has 0 heterocycles. The zero-order chi connectivity index (χ0) is 23.0. The second-order valence-electron chi connectivity index (χ2n) is 7.55. The van der Waals surface area contributed by atoms with Crippen LogP contribution in [-0.4, -0.2) is 48.5 Å². The maximum absolute atomic E-state index is 12.7. The third kappa shape index (κ3) is 7.10. The van der Waals surface area contributed by atoms with E-state index in [-0.39, 0.29) is 18.2 Å². The Labute approximate surface area is 182 Å². The summed E-state index contributed by atoms with van der Waals surface area (Å²) in [5, 5.41) is 13.9. The molecule has 3 N–H and O–H groups in total. The van der Waals surface area contributed by atoms with Crippen molar-refractivity contribution in [2.24, 2.45) is 5.92 Å². The fourth-order valence-electron chi connectivity index (χ4n) is 3.17. The van der Waals surface area contributed by atoms with Crippen LogP contribution < -0.4 is 10.6 Å². The third-order valence-electron chi connectivity index (χ3n) is 4.76. The zero-order valence-electron chi connectivity index (χ0n) is 17.5. The van der Waals surface area contributed by atoms with Crippen LogP contribution in [0.15, 0.2) is 54.6 Å². The molecule has 2 radical (unpaired) electrons. The van der Waals surface area contributed by atoms with Crippen molar-refractivity contribution in [3.8, 4) is 11.1 Å². The summed E-state index contributed by atoms with van der Waals surface area (Å²) in [6, 6.07) is 14.8. The molecule has 0 bridgehead atoms. The highest BCUT2D eigenvalue weighted by molar-refractivity contribution is 6.59. The van der Waals surface area contributed by atoms with E-state index in [4.69, 9.17) is 13.0 Å². The molecule has 0 aromatic heterocycles. The highest BCUT2D eigenvalue weighted by Crippen LogP contribution is 2.23. The van der Waals surface area contributed by atoms with Gasteiger partial charge in [-0.05, 0) is 22.6 Å². The molecule has 0 spiro atoms. The Balaban J connectivity index is 2.13. The van der Waals surface area contributed by atoms with Crippen molar-refractivity contribution in [2.75, 3.05) is 0 Å². The summed E-state index contributed by atoms with van der Waals surface area (Å²) in [6.45, 7) is 3.47. The molecule has 0 fully saturated rings. The second kappa shape index (κ2) is 11.1. The van der Waals surface area contributed by atoms with E-state index in [1.807, 2.05) is 54.6 Å². The summed E-state index contributed by atoms with van der Waals surface area (Å²) in [4.78, 5) is 47.7. The van der Waals surface area contributed by atoms with Crippen LogP contribution in [0, 0.1) is 5.92 Å². The van der Waals surface area contributed by atoms with Gasteiger partial charge in [0.15, 0.2) is 7.85 Å². The van der Waals surface area contributed by atoms with Crippen molar-refractivity contribution in [3.63, 3.8) is 0 Å². The van der Waals surface area contributed by atoms with Gasteiger partial charge in [-0.1, -0.05) is 68.4 Å². The van der Waals surface area contributed by atoms with E-state index >= 15 is 0 Å². The van der Waals surface area contributed by atoms with Gasteiger partial charge in [-0.2, -0.15) is 0 Å². The van der Waals surface area contributed by atoms with Gasteiger partial charge in [-0.25, -0.2) is 0 Å². The Hall–Kier alpha value is -3.42. The van der Waals surface area contributed by atoms with Crippen LogP contribution in [0.5, 0.6) is 0 Å². The van der Waals surface area contributed by atoms with Crippen LogP contribution in [0.2, 0.25) is 0 Å². The second-order valence-corrected chi connectivity index (χ2v) is 7.55. The van der Waals surface area contributed by atoms with Crippen LogP contribution in [0.4, 0.5) is 0 Å². The minimum Gasteiger partial charge on any atom is -0.481 e. The normalized spacial score (nSPS) is 12.6. The topological polar surface area (TPSA) is 113 Å². The van der Waals surface area contributed by atoms with Gasteiger partial charge in [0.2, 0.25) is 11.8 Å². The fraction of sp³-hybridized carbons (Fsp3) is 0.304. The van der Waals surface area contributed by atoms with Crippen molar-refractivity contribution in [1.29, 1.82) is 0 Å². The van der Waals surface area contributed by atoms with Gasteiger partial charge in [0.25, 0.3) is 0 Å². The van der Waals surface area contributed by atoms with E-state index in [9.17, 15) is 19.2 Å². The molecule has 2 aromatic carbocycles. The van der Waals surface area contributed by atoms with Crippen LogP contribution in [0.1, 0.15) is 25.8 Å². The molecule has 0 aliphatic heterocycles. The zero-order valence-corrected chi connectivity index (χ0v) is 17.5. The summed E-state index contributed by atoms with van der Waals surface area (Å²) in [5.41, 5.74) is 1.73. The van der Waals surface area contributed by atoms with E-state index in [0.29, 0.717) is 0 Å². The maximum Gasteiger partial charge on any atom is 0.305 e. The van der Waals surface area contributed by atoms with Gasteiger partial charge in [0, 0.05) is 0 Å². The summed E-state index contributed by atoms with van der Waals surface area (Å²) in [7, 11) is 5.18. The highest BCUT2D eigenvalue weighted by Gasteiger charge is 2.28. The highest BCUT2D eigenvalue weighted by atomic mass is 16.4. The number of aliphatic carboxylic acids is 1. The van der Waals surface area contributed by atoms with Gasteiger partial charge < -0.3 is 20.5 Å².